The summed E-state index contributed by atoms with van der Waals surface area (Å²) in [6.07, 6.45) is 0.654. The quantitative estimate of drug-likeness (QED) is 0.704. The molecule has 0 amide bonds. The van der Waals surface area contributed by atoms with Crippen molar-refractivity contribution >= 4 is 0 Å². The molecule has 1 saturated heterocycles. The number of benzene rings is 1. The van der Waals surface area contributed by atoms with Gasteiger partial charge in [0.2, 0.25) is 5.82 Å². The molecule has 2 N–H and O–H groups in total. The van der Waals surface area contributed by atoms with Crippen LogP contribution in [0.4, 0.5) is 13.2 Å². The molecule has 1 atom stereocenters. The first-order valence-electron chi connectivity index (χ1n) is 4.68. The van der Waals surface area contributed by atoms with Gasteiger partial charge in [-0.3, -0.25) is 0 Å². The molecule has 0 aromatic heterocycles. The Morgan fingerprint density at radius 3 is 2.60 bits per heavy atom. The van der Waals surface area contributed by atoms with Gasteiger partial charge in [0.1, 0.15) is 0 Å². The van der Waals surface area contributed by atoms with Crippen LogP contribution < -0.4 is 5.32 Å². The SMILES string of the molecule is Oc1c(F)c(F)cc(C2CCNC2)c1F. The minimum Gasteiger partial charge on any atom is -0.503 e. The van der Waals surface area contributed by atoms with E-state index in [4.69, 9.17) is 5.11 Å². The fourth-order valence-corrected chi connectivity index (χ4v) is 1.83. The van der Waals surface area contributed by atoms with Gasteiger partial charge in [0, 0.05) is 12.5 Å². The first kappa shape index (κ1) is 10.3. The second-order valence-corrected chi connectivity index (χ2v) is 3.61. The summed E-state index contributed by atoms with van der Waals surface area (Å²) in [5, 5.41) is 12.0. The average molecular weight is 217 g/mol. The topological polar surface area (TPSA) is 32.3 Å². The normalized spacial score (nSPS) is 20.9. The van der Waals surface area contributed by atoms with Gasteiger partial charge in [-0.05, 0) is 24.6 Å². The third-order valence-electron chi connectivity index (χ3n) is 2.66. The van der Waals surface area contributed by atoms with E-state index in [1.54, 1.807) is 0 Å². The molecule has 0 aliphatic carbocycles. The average Bonchev–Trinajstić information content (AvgIpc) is 2.73. The Morgan fingerprint density at radius 1 is 1.27 bits per heavy atom. The zero-order valence-corrected chi connectivity index (χ0v) is 7.86. The maximum Gasteiger partial charge on any atom is 0.203 e. The van der Waals surface area contributed by atoms with Crippen molar-refractivity contribution in [3.63, 3.8) is 0 Å². The molecule has 82 valence electrons. The summed E-state index contributed by atoms with van der Waals surface area (Å²) in [4.78, 5) is 0. The molecule has 0 bridgehead atoms. The van der Waals surface area contributed by atoms with Crippen LogP contribution in [0.2, 0.25) is 0 Å². The van der Waals surface area contributed by atoms with Crippen molar-refractivity contribution in [2.75, 3.05) is 13.1 Å². The smallest absolute Gasteiger partial charge is 0.203 e. The first-order valence-corrected chi connectivity index (χ1v) is 4.68. The molecule has 1 heterocycles. The van der Waals surface area contributed by atoms with Crippen molar-refractivity contribution in [2.45, 2.75) is 12.3 Å². The van der Waals surface area contributed by atoms with Gasteiger partial charge < -0.3 is 10.4 Å². The number of halogens is 3. The van der Waals surface area contributed by atoms with Gasteiger partial charge in [0.15, 0.2) is 17.4 Å². The molecule has 1 aromatic rings. The number of phenolic OH excluding ortho intramolecular Hbond substituents is 1. The summed E-state index contributed by atoms with van der Waals surface area (Å²) in [5.41, 5.74) is 0.0383. The maximum absolute atomic E-state index is 13.4. The van der Waals surface area contributed by atoms with E-state index in [1.807, 2.05) is 0 Å². The molecule has 2 rings (SSSR count). The molecule has 1 aromatic carbocycles. The summed E-state index contributed by atoms with van der Waals surface area (Å²) in [7, 11) is 0. The monoisotopic (exact) mass is 217 g/mol. The van der Waals surface area contributed by atoms with Crippen LogP contribution in [0.5, 0.6) is 5.75 Å². The minimum absolute atomic E-state index is 0.0383. The molecule has 0 radical (unpaired) electrons. The van der Waals surface area contributed by atoms with E-state index in [2.05, 4.69) is 5.32 Å². The number of aromatic hydroxyl groups is 1. The van der Waals surface area contributed by atoms with Crippen LogP contribution in [0.3, 0.4) is 0 Å². The van der Waals surface area contributed by atoms with E-state index in [9.17, 15) is 13.2 Å². The minimum atomic E-state index is -1.53. The number of hydrogen-bond donors (Lipinski definition) is 2. The van der Waals surface area contributed by atoms with Gasteiger partial charge in [-0.2, -0.15) is 4.39 Å². The van der Waals surface area contributed by atoms with Crippen LogP contribution in [0.15, 0.2) is 6.07 Å². The van der Waals surface area contributed by atoms with Gasteiger partial charge in [0.25, 0.3) is 0 Å². The lowest BCUT2D eigenvalue weighted by atomic mass is 9.97. The van der Waals surface area contributed by atoms with E-state index in [-0.39, 0.29) is 11.5 Å². The van der Waals surface area contributed by atoms with E-state index in [1.165, 1.54) is 0 Å². The highest BCUT2D eigenvalue weighted by atomic mass is 19.2. The lowest BCUT2D eigenvalue weighted by molar-refractivity contribution is 0.371. The van der Waals surface area contributed by atoms with Crippen LogP contribution >= 0.6 is 0 Å². The predicted octanol–water partition coefficient (Wildman–Crippen LogP) is 1.89. The molecule has 0 spiro atoms. The molecule has 1 unspecified atom stereocenters. The Labute approximate surface area is 84.7 Å². The summed E-state index contributed by atoms with van der Waals surface area (Å²) >= 11 is 0. The zero-order valence-electron chi connectivity index (χ0n) is 7.86. The molecule has 2 nitrogen and oxygen atoms in total. The van der Waals surface area contributed by atoms with Crippen molar-refractivity contribution in [1.29, 1.82) is 0 Å². The molecule has 0 saturated carbocycles. The van der Waals surface area contributed by atoms with Gasteiger partial charge in [-0.25, -0.2) is 8.78 Å². The van der Waals surface area contributed by atoms with Crippen LogP contribution in [-0.2, 0) is 0 Å². The number of rotatable bonds is 1. The maximum atomic E-state index is 13.4. The highest BCUT2D eigenvalue weighted by Crippen LogP contribution is 2.32. The number of phenols is 1. The fourth-order valence-electron chi connectivity index (χ4n) is 1.83. The molecular weight excluding hydrogens is 207 g/mol. The van der Waals surface area contributed by atoms with Crippen molar-refractivity contribution in [2.24, 2.45) is 0 Å². The van der Waals surface area contributed by atoms with Gasteiger partial charge in [-0.1, -0.05) is 0 Å². The first-order chi connectivity index (χ1) is 7.11. The van der Waals surface area contributed by atoms with E-state index >= 15 is 0 Å². The molecule has 1 aliphatic rings. The van der Waals surface area contributed by atoms with Gasteiger partial charge >= 0.3 is 0 Å². The molecule has 15 heavy (non-hydrogen) atoms. The molecule has 1 fully saturated rings. The zero-order chi connectivity index (χ0) is 11.0. The van der Waals surface area contributed by atoms with Crippen LogP contribution in [0, 0.1) is 17.5 Å². The van der Waals surface area contributed by atoms with Crippen molar-refractivity contribution in [1.82, 2.24) is 5.32 Å². The van der Waals surface area contributed by atoms with E-state index in [0.29, 0.717) is 19.5 Å². The Balaban J connectivity index is 2.47. The van der Waals surface area contributed by atoms with Crippen molar-refractivity contribution in [3.05, 3.63) is 29.1 Å². The summed E-state index contributed by atoms with van der Waals surface area (Å²) in [5.74, 6) is -5.22. The van der Waals surface area contributed by atoms with Crippen molar-refractivity contribution < 1.29 is 18.3 Å². The van der Waals surface area contributed by atoms with Crippen LogP contribution in [-0.4, -0.2) is 18.2 Å². The Kier molecular flexibility index (Phi) is 2.56. The Hall–Kier alpha value is -1.23. The Bertz CT molecular complexity index is 389. The Morgan fingerprint density at radius 2 is 2.00 bits per heavy atom. The highest BCUT2D eigenvalue weighted by Gasteiger charge is 2.25. The van der Waals surface area contributed by atoms with Crippen LogP contribution in [0.1, 0.15) is 17.9 Å². The van der Waals surface area contributed by atoms with Gasteiger partial charge in [0.05, 0.1) is 0 Å². The molecular formula is C10H10F3NO. The second kappa shape index (κ2) is 3.73. The largest absolute Gasteiger partial charge is 0.503 e. The molecule has 1 aliphatic heterocycles. The number of hydrogen-bond acceptors (Lipinski definition) is 2. The lowest BCUT2D eigenvalue weighted by Gasteiger charge is -2.11. The third-order valence-corrected chi connectivity index (χ3v) is 2.66. The third kappa shape index (κ3) is 1.67. The summed E-state index contributed by atoms with van der Waals surface area (Å²) in [6.45, 7) is 1.23. The summed E-state index contributed by atoms with van der Waals surface area (Å²) in [6, 6.07) is 0.821. The standard InChI is InChI=1S/C10H10F3NO/c11-7-3-6(5-1-2-14-4-5)8(12)10(15)9(7)13/h3,5,14-15H,1-2,4H2. The fraction of sp³-hybridized carbons (Fsp3) is 0.400. The van der Waals surface area contributed by atoms with Crippen molar-refractivity contribution in [3.8, 4) is 5.75 Å². The van der Waals surface area contributed by atoms with E-state index < -0.39 is 23.2 Å². The second-order valence-electron chi connectivity index (χ2n) is 3.61. The lowest BCUT2D eigenvalue weighted by Crippen LogP contribution is -2.09. The van der Waals surface area contributed by atoms with E-state index in [0.717, 1.165) is 6.07 Å². The predicted molar refractivity (Wildman–Crippen MR) is 48.2 cm³/mol. The van der Waals surface area contributed by atoms with Crippen LogP contribution in [0.25, 0.3) is 0 Å². The molecule has 5 heteroatoms. The highest BCUT2D eigenvalue weighted by molar-refractivity contribution is 5.35. The summed E-state index contributed by atoms with van der Waals surface area (Å²) < 4.78 is 39.1. The number of nitrogens with one attached hydrogen (secondary N) is 1. The van der Waals surface area contributed by atoms with Gasteiger partial charge in [-0.15, -0.1) is 0 Å².